The van der Waals surface area contributed by atoms with E-state index in [1.165, 1.54) is 44.6 Å². The fourth-order valence-electron chi connectivity index (χ4n) is 5.30. The highest BCUT2D eigenvalue weighted by Crippen LogP contribution is 2.35. The Morgan fingerprint density at radius 1 is 1.07 bits per heavy atom. The van der Waals surface area contributed by atoms with Crippen molar-refractivity contribution in [3.8, 4) is 0 Å². The third-order valence-electron chi connectivity index (χ3n) is 6.80. The number of piperidine rings is 1. The minimum Gasteiger partial charge on any atom is -0.362 e. The fourth-order valence-corrected chi connectivity index (χ4v) is 5.47. The normalized spacial score (nSPS) is 25.6. The van der Waals surface area contributed by atoms with E-state index in [2.05, 4.69) is 4.90 Å². The first-order valence-corrected chi connectivity index (χ1v) is 11.1. The average Bonchev–Trinajstić information content (AvgIpc) is 2.74. The lowest BCUT2D eigenvalue weighted by Gasteiger charge is -2.44. The number of piperazine rings is 1. The zero-order chi connectivity index (χ0) is 20.4. The summed E-state index contributed by atoms with van der Waals surface area (Å²) in [5.74, 6) is 0.967. The van der Waals surface area contributed by atoms with Gasteiger partial charge >= 0.3 is 0 Å². The summed E-state index contributed by atoms with van der Waals surface area (Å²) in [7, 11) is 0. The van der Waals surface area contributed by atoms with Gasteiger partial charge in [0.25, 0.3) is 5.69 Å². The predicted molar refractivity (Wildman–Crippen MR) is 113 cm³/mol. The molecule has 0 N–H and O–H groups in total. The first-order valence-electron chi connectivity index (χ1n) is 10.7. The number of fused-ring (bicyclic) bond motifs is 1. The molecular formula is C21H29ClN4O3. The van der Waals surface area contributed by atoms with Crippen LogP contribution in [0.1, 0.15) is 38.5 Å². The summed E-state index contributed by atoms with van der Waals surface area (Å²) in [6.45, 7) is 3.94. The van der Waals surface area contributed by atoms with Crippen molar-refractivity contribution in [1.29, 1.82) is 0 Å². The molecule has 2 atom stereocenters. The van der Waals surface area contributed by atoms with E-state index in [9.17, 15) is 14.9 Å². The van der Waals surface area contributed by atoms with Crippen LogP contribution in [0.15, 0.2) is 18.2 Å². The van der Waals surface area contributed by atoms with Gasteiger partial charge in [0.1, 0.15) is 5.69 Å². The first-order chi connectivity index (χ1) is 14.0. The Labute approximate surface area is 176 Å². The number of nitro benzene ring substituents is 1. The van der Waals surface area contributed by atoms with E-state index in [4.69, 9.17) is 11.6 Å². The number of hydrogen-bond donors (Lipinski definition) is 0. The Hall–Kier alpha value is -1.86. The Balaban J connectivity index is 1.35. The standard InChI is InChI=1S/C21H29ClN4O3/c22-17-7-8-19(20(14-17)26(28)29)23-10-12-24(13-11-23)21(27)15-25-9-3-5-16-4-1-2-6-18(16)25/h7-8,14,16,18H,1-6,9-13,15H2/t16-,18-/m0/s1. The largest absolute Gasteiger partial charge is 0.362 e. The van der Waals surface area contributed by atoms with Crippen LogP contribution in [0.3, 0.4) is 0 Å². The summed E-state index contributed by atoms with van der Waals surface area (Å²) in [5, 5.41) is 11.7. The van der Waals surface area contributed by atoms with E-state index in [0.29, 0.717) is 49.5 Å². The third kappa shape index (κ3) is 4.51. The van der Waals surface area contributed by atoms with Crippen LogP contribution in [-0.2, 0) is 4.79 Å². The quantitative estimate of drug-likeness (QED) is 0.550. The topological polar surface area (TPSA) is 69.9 Å². The van der Waals surface area contributed by atoms with Gasteiger partial charge in [-0.25, -0.2) is 0 Å². The summed E-state index contributed by atoms with van der Waals surface area (Å²) < 4.78 is 0. The number of nitrogens with zero attached hydrogens (tertiary/aromatic N) is 4. The number of halogens is 1. The van der Waals surface area contributed by atoms with Gasteiger partial charge in [-0.1, -0.05) is 24.4 Å². The van der Waals surface area contributed by atoms with Crippen molar-refractivity contribution in [3.05, 3.63) is 33.3 Å². The molecule has 0 spiro atoms. The second kappa shape index (κ2) is 8.88. The number of benzene rings is 1. The predicted octanol–water partition coefficient (Wildman–Crippen LogP) is 3.55. The number of likely N-dealkylation sites (tertiary alicyclic amines) is 1. The number of anilines is 1. The number of carbonyl (C=O) groups is 1. The number of rotatable bonds is 4. The molecule has 0 bridgehead atoms. The van der Waals surface area contributed by atoms with Crippen molar-refractivity contribution in [1.82, 2.24) is 9.80 Å². The molecule has 2 saturated heterocycles. The smallest absolute Gasteiger partial charge is 0.294 e. The molecule has 8 heteroatoms. The Morgan fingerprint density at radius 3 is 2.55 bits per heavy atom. The molecule has 3 aliphatic rings. The molecule has 0 unspecified atom stereocenters. The monoisotopic (exact) mass is 420 g/mol. The van der Waals surface area contributed by atoms with Crippen molar-refractivity contribution in [3.63, 3.8) is 0 Å². The van der Waals surface area contributed by atoms with E-state index < -0.39 is 4.92 Å². The molecule has 158 valence electrons. The molecule has 0 radical (unpaired) electrons. The molecule has 1 aliphatic carbocycles. The van der Waals surface area contributed by atoms with E-state index >= 15 is 0 Å². The lowest BCUT2D eigenvalue weighted by Crippen LogP contribution is -2.54. The maximum absolute atomic E-state index is 12.9. The van der Waals surface area contributed by atoms with Gasteiger partial charge in [-0.2, -0.15) is 0 Å². The van der Waals surface area contributed by atoms with Gasteiger partial charge in [0.05, 0.1) is 11.5 Å². The van der Waals surface area contributed by atoms with Gasteiger partial charge in [-0.3, -0.25) is 19.8 Å². The summed E-state index contributed by atoms with van der Waals surface area (Å²) in [6, 6.07) is 5.36. The minimum absolute atomic E-state index is 0.0222. The van der Waals surface area contributed by atoms with Crippen molar-refractivity contribution in [2.24, 2.45) is 5.92 Å². The Morgan fingerprint density at radius 2 is 1.79 bits per heavy atom. The highest BCUT2D eigenvalue weighted by molar-refractivity contribution is 6.30. The molecule has 1 saturated carbocycles. The molecule has 0 aromatic heterocycles. The summed E-state index contributed by atoms with van der Waals surface area (Å²) in [6.07, 6.45) is 7.67. The lowest BCUT2D eigenvalue weighted by atomic mass is 9.78. The van der Waals surface area contributed by atoms with Crippen LogP contribution in [0.4, 0.5) is 11.4 Å². The SMILES string of the molecule is O=C(CN1CCC[C@@H]2CCCC[C@@H]21)N1CCN(c2ccc(Cl)cc2[N+](=O)[O-])CC1. The Kier molecular flexibility index (Phi) is 6.25. The van der Waals surface area contributed by atoms with Crippen LogP contribution in [0.2, 0.25) is 5.02 Å². The minimum atomic E-state index is -0.393. The van der Waals surface area contributed by atoms with Gasteiger partial charge in [-0.15, -0.1) is 0 Å². The van der Waals surface area contributed by atoms with Gasteiger partial charge < -0.3 is 9.80 Å². The number of nitro groups is 1. The molecule has 7 nitrogen and oxygen atoms in total. The molecule has 1 aromatic rings. The van der Waals surface area contributed by atoms with Crippen LogP contribution in [-0.4, -0.2) is 65.9 Å². The van der Waals surface area contributed by atoms with Gasteiger partial charge in [0.2, 0.25) is 5.91 Å². The molecule has 1 aromatic carbocycles. The number of hydrogen-bond acceptors (Lipinski definition) is 5. The molecule has 1 amide bonds. The van der Waals surface area contributed by atoms with E-state index in [1.54, 1.807) is 12.1 Å². The molecule has 3 fully saturated rings. The fraction of sp³-hybridized carbons (Fsp3) is 0.667. The zero-order valence-corrected chi connectivity index (χ0v) is 17.5. The maximum Gasteiger partial charge on any atom is 0.294 e. The summed E-state index contributed by atoms with van der Waals surface area (Å²) in [5.41, 5.74) is 0.599. The van der Waals surface area contributed by atoms with E-state index in [0.717, 1.165) is 12.5 Å². The molecule has 2 aliphatic heterocycles. The van der Waals surface area contributed by atoms with Gasteiger partial charge in [-0.05, 0) is 50.3 Å². The second-order valence-corrected chi connectivity index (χ2v) is 8.92. The third-order valence-corrected chi connectivity index (χ3v) is 7.04. The average molecular weight is 421 g/mol. The first kappa shape index (κ1) is 20.4. The molecule has 2 heterocycles. The van der Waals surface area contributed by atoms with Crippen LogP contribution < -0.4 is 4.90 Å². The number of amides is 1. The van der Waals surface area contributed by atoms with Crippen molar-refractivity contribution >= 4 is 28.9 Å². The maximum atomic E-state index is 12.9. The lowest BCUT2D eigenvalue weighted by molar-refractivity contribution is -0.384. The van der Waals surface area contributed by atoms with Crippen molar-refractivity contribution in [2.75, 3.05) is 44.2 Å². The van der Waals surface area contributed by atoms with Gasteiger partial charge in [0, 0.05) is 43.3 Å². The summed E-state index contributed by atoms with van der Waals surface area (Å²) >= 11 is 5.93. The van der Waals surface area contributed by atoms with E-state index in [1.807, 2.05) is 9.80 Å². The highest BCUT2D eigenvalue weighted by atomic mass is 35.5. The second-order valence-electron chi connectivity index (χ2n) is 8.48. The van der Waals surface area contributed by atoms with E-state index in [-0.39, 0.29) is 11.6 Å². The van der Waals surface area contributed by atoms with Crippen molar-refractivity contribution < 1.29 is 9.72 Å². The van der Waals surface area contributed by atoms with Gasteiger partial charge in [0.15, 0.2) is 0 Å². The zero-order valence-electron chi connectivity index (χ0n) is 16.8. The van der Waals surface area contributed by atoms with Crippen LogP contribution in [0, 0.1) is 16.0 Å². The molecule has 4 rings (SSSR count). The summed E-state index contributed by atoms with van der Waals surface area (Å²) in [4.78, 5) is 30.3. The number of carbonyl (C=O) groups excluding carboxylic acids is 1. The van der Waals surface area contributed by atoms with Crippen LogP contribution in [0.5, 0.6) is 0 Å². The van der Waals surface area contributed by atoms with Crippen molar-refractivity contribution in [2.45, 2.75) is 44.6 Å². The Bertz CT molecular complexity index is 764. The van der Waals surface area contributed by atoms with Crippen LogP contribution >= 0.6 is 11.6 Å². The molecule has 29 heavy (non-hydrogen) atoms. The highest BCUT2D eigenvalue weighted by Gasteiger charge is 2.35. The van der Waals surface area contributed by atoms with Crippen LogP contribution in [0.25, 0.3) is 0 Å². The molecular weight excluding hydrogens is 392 g/mol.